The molecule has 0 aliphatic rings. The number of carbonyl (C=O) groups excluding carboxylic acids is 1. The van der Waals surface area contributed by atoms with Gasteiger partial charge in [-0.3, -0.25) is 0 Å². The number of amides is 2. The standard InChI is InChI=1S/C19H24N2O2/c1-3-16-9-7-8-12-18(16)23-14-13-20-19(22)21-15(2)17-10-5-4-6-11-17/h4-12,15H,3,13-14H2,1-2H3,(H2,20,21,22). The highest BCUT2D eigenvalue weighted by molar-refractivity contribution is 5.74. The molecule has 1 unspecified atom stereocenters. The maximum atomic E-state index is 11.9. The number of rotatable bonds is 7. The van der Waals surface area contributed by atoms with Gasteiger partial charge in [-0.1, -0.05) is 55.5 Å². The van der Waals surface area contributed by atoms with E-state index in [-0.39, 0.29) is 12.1 Å². The van der Waals surface area contributed by atoms with Gasteiger partial charge in [0.2, 0.25) is 0 Å². The number of urea groups is 1. The van der Waals surface area contributed by atoms with Crippen molar-refractivity contribution in [3.05, 3.63) is 65.7 Å². The van der Waals surface area contributed by atoms with E-state index in [0.717, 1.165) is 17.7 Å². The average Bonchev–Trinajstić information content (AvgIpc) is 2.59. The van der Waals surface area contributed by atoms with Crippen LogP contribution in [-0.4, -0.2) is 19.2 Å². The van der Waals surface area contributed by atoms with Crippen molar-refractivity contribution in [3.63, 3.8) is 0 Å². The maximum Gasteiger partial charge on any atom is 0.315 e. The van der Waals surface area contributed by atoms with Crippen LogP contribution in [0.25, 0.3) is 0 Å². The Hall–Kier alpha value is -2.49. The highest BCUT2D eigenvalue weighted by atomic mass is 16.5. The quantitative estimate of drug-likeness (QED) is 0.766. The number of hydrogen-bond donors (Lipinski definition) is 2. The van der Waals surface area contributed by atoms with Gasteiger partial charge in [0.25, 0.3) is 0 Å². The molecule has 0 aliphatic heterocycles. The second-order valence-electron chi connectivity index (χ2n) is 5.34. The lowest BCUT2D eigenvalue weighted by molar-refractivity contribution is 0.233. The Labute approximate surface area is 137 Å². The third-order valence-corrected chi connectivity index (χ3v) is 3.65. The molecule has 23 heavy (non-hydrogen) atoms. The molecule has 0 spiro atoms. The van der Waals surface area contributed by atoms with Crippen molar-refractivity contribution in [2.45, 2.75) is 26.3 Å². The van der Waals surface area contributed by atoms with Gasteiger partial charge in [0, 0.05) is 0 Å². The Morgan fingerprint density at radius 2 is 1.78 bits per heavy atom. The van der Waals surface area contributed by atoms with E-state index in [2.05, 4.69) is 23.6 Å². The molecule has 0 saturated heterocycles. The van der Waals surface area contributed by atoms with Crippen LogP contribution in [-0.2, 0) is 6.42 Å². The molecule has 0 fully saturated rings. The molecular formula is C19H24N2O2. The highest BCUT2D eigenvalue weighted by Crippen LogP contribution is 2.17. The molecule has 4 heteroatoms. The first-order chi connectivity index (χ1) is 11.2. The van der Waals surface area contributed by atoms with Crippen molar-refractivity contribution < 1.29 is 9.53 Å². The first-order valence-corrected chi connectivity index (χ1v) is 8.00. The first-order valence-electron chi connectivity index (χ1n) is 8.00. The Morgan fingerprint density at radius 1 is 1.09 bits per heavy atom. The Kier molecular flexibility index (Phi) is 6.48. The van der Waals surface area contributed by atoms with Crippen LogP contribution in [0.5, 0.6) is 5.75 Å². The van der Waals surface area contributed by atoms with Gasteiger partial charge in [0.05, 0.1) is 12.6 Å². The van der Waals surface area contributed by atoms with E-state index in [4.69, 9.17) is 4.74 Å². The number of para-hydroxylation sites is 1. The van der Waals surface area contributed by atoms with Gasteiger partial charge in [-0.2, -0.15) is 0 Å². The molecule has 2 aromatic rings. The lowest BCUT2D eigenvalue weighted by Gasteiger charge is -2.15. The normalized spacial score (nSPS) is 11.6. The highest BCUT2D eigenvalue weighted by Gasteiger charge is 2.08. The lowest BCUT2D eigenvalue weighted by atomic mass is 10.1. The Morgan fingerprint density at radius 3 is 2.52 bits per heavy atom. The largest absolute Gasteiger partial charge is 0.491 e. The van der Waals surface area contributed by atoms with Gasteiger partial charge < -0.3 is 15.4 Å². The molecule has 0 heterocycles. The third kappa shape index (κ3) is 5.33. The third-order valence-electron chi connectivity index (χ3n) is 3.65. The summed E-state index contributed by atoms with van der Waals surface area (Å²) in [5, 5.41) is 5.73. The molecule has 0 bridgehead atoms. The van der Waals surface area contributed by atoms with Crippen molar-refractivity contribution in [2.24, 2.45) is 0 Å². The summed E-state index contributed by atoms with van der Waals surface area (Å²) in [6, 6.07) is 17.6. The molecule has 1 atom stereocenters. The van der Waals surface area contributed by atoms with Gasteiger partial charge >= 0.3 is 6.03 Å². The fourth-order valence-corrected chi connectivity index (χ4v) is 2.33. The number of carbonyl (C=O) groups is 1. The molecule has 2 amide bonds. The maximum absolute atomic E-state index is 11.9. The molecule has 2 N–H and O–H groups in total. The summed E-state index contributed by atoms with van der Waals surface area (Å²) in [7, 11) is 0. The summed E-state index contributed by atoms with van der Waals surface area (Å²) in [6.07, 6.45) is 0.929. The van der Waals surface area contributed by atoms with Crippen LogP contribution in [0.1, 0.15) is 31.0 Å². The van der Waals surface area contributed by atoms with Gasteiger partial charge in [-0.05, 0) is 30.5 Å². The van der Waals surface area contributed by atoms with Crippen molar-refractivity contribution in [1.29, 1.82) is 0 Å². The van der Waals surface area contributed by atoms with Crippen LogP contribution in [0.3, 0.4) is 0 Å². The molecule has 4 nitrogen and oxygen atoms in total. The summed E-state index contributed by atoms with van der Waals surface area (Å²) in [5.41, 5.74) is 2.26. The molecule has 0 aromatic heterocycles. The van der Waals surface area contributed by atoms with E-state index in [0.29, 0.717) is 13.2 Å². The van der Waals surface area contributed by atoms with Crippen LogP contribution >= 0.6 is 0 Å². The van der Waals surface area contributed by atoms with Crippen LogP contribution < -0.4 is 15.4 Å². The van der Waals surface area contributed by atoms with Crippen molar-refractivity contribution in [3.8, 4) is 5.75 Å². The average molecular weight is 312 g/mol. The van der Waals surface area contributed by atoms with Gasteiger partial charge in [0.15, 0.2) is 0 Å². The van der Waals surface area contributed by atoms with Gasteiger partial charge in [0.1, 0.15) is 12.4 Å². The Bertz CT molecular complexity index is 614. The minimum Gasteiger partial charge on any atom is -0.491 e. The molecular weight excluding hydrogens is 288 g/mol. The number of hydrogen-bond acceptors (Lipinski definition) is 2. The number of benzene rings is 2. The predicted octanol–water partition coefficient (Wildman–Crippen LogP) is 3.69. The number of aryl methyl sites for hydroxylation is 1. The second-order valence-corrected chi connectivity index (χ2v) is 5.34. The summed E-state index contributed by atoms with van der Waals surface area (Å²) in [5.74, 6) is 0.884. The molecule has 0 radical (unpaired) electrons. The van der Waals surface area contributed by atoms with E-state index in [1.54, 1.807) is 0 Å². The molecule has 122 valence electrons. The zero-order chi connectivity index (χ0) is 16.5. The van der Waals surface area contributed by atoms with Crippen LogP contribution in [0.4, 0.5) is 4.79 Å². The zero-order valence-electron chi connectivity index (χ0n) is 13.7. The van der Waals surface area contributed by atoms with E-state index in [9.17, 15) is 4.79 Å². The van der Waals surface area contributed by atoms with Crippen molar-refractivity contribution in [2.75, 3.05) is 13.2 Å². The number of ether oxygens (including phenoxy) is 1. The van der Waals surface area contributed by atoms with Crippen molar-refractivity contribution >= 4 is 6.03 Å². The minimum atomic E-state index is -0.186. The van der Waals surface area contributed by atoms with Crippen LogP contribution in [0.2, 0.25) is 0 Å². The fourth-order valence-electron chi connectivity index (χ4n) is 2.33. The van der Waals surface area contributed by atoms with E-state index < -0.39 is 0 Å². The van der Waals surface area contributed by atoms with E-state index in [1.807, 2.05) is 55.5 Å². The molecule has 0 aliphatic carbocycles. The smallest absolute Gasteiger partial charge is 0.315 e. The molecule has 2 rings (SSSR count). The summed E-state index contributed by atoms with van der Waals surface area (Å²) in [6.45, 7) is 4.97. The lowest BCUT2D eigenvalue weighted by Crippen LogP contribution is -2.39. The van der Waals surface area contributed by atoms with E-state index >= 15 is 0 Å². The van der Waals surface area contributed by atoms with Crippen molar-refractivity contribution in [1.82, 2.24) is 10.6 Å². The Balaban J connectivity index is 1.71. The SMILES string of the molecule is CCc1ccccc1OCCNC(=O)NC(C)c1ccccc1. The second kappa shape index (κ2) is 8.83. The predicted molar refractivity (Wildman–Crippen MR) is 92.7 cm³/mol. The molecule has 2 aromatic carbocycles. The minimum absolute atomic E-state index is 0.0297. The first kappa shape index (κ1) is 16.9. The molecule has 0 saturated carbocycles. The zero-order valence-corrected chi connectivity index (χ0v) is 13.7. The summed E-state index contributed by atoms with van der Waals surface area (Å²) < 4.78 is 5.73. The topological polar surface area (TPSA) is 50.4 Å². The fraction of sp³-hybridized carbons (Fsp3) is 0.316. The van der Waals surface area contributed by atoms with E-state index in [1.165, 1.54) is 5.56 Å². The summed E-state index contributed by atoms with van der Waals surface area (Å²) >= 11 is 0. The van der Waals surface area contributed by atoms with Gasteiger partial charge in [-0.25, -0.2) is 4.79 Å². The monoisotopic (exact) mass is 312 g/mol. The summed E-state index contributed by atoms with van der Waals surface area (Å²) in [4.78, 5) is 11.9. The van der Waals surface area contributed by atoms with Gasteiger partial charge in [-0.15, -0.1) is 0 Å². The van der Waals surface area contributed by atoms with Crippen LogP contribution in [0.15, 0.2) is 54.6 Å². The van der Waals surface area contributed by atoms with Crippen LogP contribution in [0, 0.1) is 0 Å². The number of nitrogens with one attached hydrogen (secondary N) is 2.